The van der Waals surface area contributed by atoms with Gasteiger partial charge in [0.05, 0.1) is 13.1 Å². The van der Waals surface area contributed by atoms with E-state index in [4.69, 9.17) is 9.47 Å². The van der Waals surface area contributed by atoms with Crippen LogP contribution in [0.1, 0.15) is 142 Å². The number of hydrogen-bond donors (Lipinski definition) is 0. The normalized spacial score (nSPS) is 11.4. The van der Waals surface area contributed by atoms with Crippen molar-refractivity contribution >= 4 is 11.9 Å². The first-order valence-electron chi connectivity index (χ1n) is 19.4. The Morgan fingerprint density at radius 3 is 1.19 bits per heavy atom. The molecule has 0 saturated carbocycles. The van der Waals surface area contributed by atoms with Gasteiger partial charge in [0.1, 0.15) is 13.2 Å². The van der Waals surface area contributed by atoms with Crippen molar-refractivity contribution in [3.63, 3.8) is 0 Å². The quantitative estimate of drug-likeness (QED) is 0.0637. The summed E-state index contributed by atoms with van der Waals surface area (Å²) in [6.45, 7) is 13.7. The summed E-state index contributed by atoms with van der Waals surface area (Å²) in [5.74, 6) is -0.356. The maximum Gasteiger partial charge on any atom is 0.320 e. The molecule has 0 radical (unpaired) electrons. The Balaban J connectivity index is 1.96. The maximum atomic E-state index is 13.0. The lowest BCUT2D eigenvalue weighted by Crippen LogP contribution is -2.33. The summed E-state index contributed by atoms with van der Waals surface area (Å²) in [5.41, 5.74) is 3.90. The van der Waals surface area contributed by atoms with Crippen LogP contribution >= 0.6 is 0 Å². The minimum atomic E-state index is -0.178. The second-order valence-corrected chi connectivity index (χ2v) is 13.4. The van der Waals surface area contributed by atoms with E-state index >= 15 is 0 Å². The van der Waals surface area contributed by atoms with E-state index in [1.165, 1.54) is 64.2 Å². The molecule has 0 atom stereocenters. The molecule has 0 N–H and O–H groups in total. The summed E-state index contributed by atoms with van der Waals surface area (Å²) in [5, 5.41) is 0. The summed E-state index contributed by atoms with van der Waals surface area (Å²) >= 11 is 0. The van der Waals surface area contributed by atoms with Gasteiger partial charge < -0.3 is 9.47 Å². The highest BCUT2D eigenvalue weighted by Gasteiger charge is 2.16. The molecule has 0 bridgehead atoms. The Labute approximate surface area is 294 Å². The molecule has 0 heterocycles. The zero-order valence-electron chi connectivity index (χ0n) is 31.1. The minimum Gasteiger partial charge on any atom is -0.460 e. The molecule has 2 aromatic rings. The van der Waals surface area contributed by atoms with Gasteiger partial charge in [0.15, 0.2) is 0 Å². The van der Waals surface area contributed by atoms with E-state index < -0.39 is 0 Å². The highest BCUT2D eigenvalue weighted by atomic mass is 16.5. The zero-order valence-corrected chi connectivity index (χ0v) is 31.1. The number of carbonyl (C=O) groups is 2. The maximum absolute atomic E-state index is 13.0. The molecular formula is C42H68N2O4. The van der Waals surface area contributed by atoms with Crippen LogP contribution in [0.25, 0.3) is 11.1 Å². The third-order valence-corrected chi connectivity index (χ3v) is 9.12. The monoisotopic (exact) mass is 665 g/mol. The highest BCUT2D eigenvalue weighted by Crippen LogP contribution is 2.28. The van der Waals surface area contributed by atoms with Gasteiger partial charge in [-0.15, -0.1) is 0 Å². The van der Waals surface area contributed by atoms with Crippen LogP contribution in [0.4, 0.5) is 0 Å². The molecule has 2 aromatic carbocycles. The van der Waals surface area contributed by atoms with Gasteiger partial charge in [0.25, 0.3) is 0 Å². The van der Waals surface area contributed by atoms with Gasteiger partial charge >= 0.3 is 11.9 Å². The lowest BCUT2D eigenvalue weighted by molar-refractivity contribution is -0.147. The first-order chi connectivity index (χ1) is 23.5. The van der Waals surface area contributed by atoms with Crippen molar-refractivity contribution in [2.75, 3.05) is 39.3 Å². The molecule has 270 valence electrons. The number of carbonyl (C=O) groups excluding carboxylic acids is 2. The molecule has 2 rings (SSSR count). The first-order valence-corrected chi connectivity index (χ1v) is 19.4. The van der Waals surface area contributed by atoms with Crippen molar-refractivity contribution in [1.82, 2.24) is 9.80 Å². The third kappa shape index (κ3) is 18.2. The molecule has 0 aliphatic rings. The Kier molecular flexibility index (Phi) is 23.5. The summed E-state index contributed by atoms with van der Waals surface area (Å²) in [4.78, 5) is 30.5. The predicted octanol–water partition coefficient (Wildman–Crippen LogP) is 10.4. The second kappa shape index (κ2) is 27.2. The van der Waals surface area contributed by atoms with Gasteiger partial charge in [-0.25, -0.2) is 0 Å². The lowest BCUT2D eigenvalue weighted by atomic mass is 9.96. The molecule has 0 aliphatic heterocycles. The average molecular weight is 665 g/mol. The van der Waals surface area contributed by atoms with Crippen molar-refractivity contribution in [2.45, 2.75) is 144 Å². The van der Waals surface area contributed by atoms with Crippen LogP contribution in [-0.4, -0.2) is 61.0 Å². The zero-order chi connectivity index (χ0) is 34.7. The van der Waals surface area contributed by atoms with Crippen LogP contribution < -0.4 is 0 Å². The Morgan fingerprint density at radius 2 is 0.792 bits per heavy atom. The molecule has 6 heteroatoms. The van der Waals surface area contributed by atoms with E-state index in [0.717, 1.165) is 87.0 Å². The number of esters is 2. The molecule has 0 unspecified atom stereocenters. The third-order valence-electron chi connectivity index (χ3n) is 9.12. The minimum absolute atomic E-state index is 0.178. The Morgan fingerprint density at radius 1 is 0.458 bits per heavy atom. The summed E-state index contributed by atoms with van der Waals surface area (Å²) in [6.07, 6.45) is 19.4. The number of hydrogen-bond acceptors (Lipinski definition) is 6. The van der Waals surface area contributed by atoms with E-state index in [2.05, 4.69) is 49.6 Å². The van der Waals surface area contributed by atoms with E-state index in [1.54, 1.807) is 0 Å². The fraction of sp³-hybridized carbons (Fsp3) is 0.667. The smallest absolute Gasteiger partial charge is 0.320 e. The van der Waals surface area contributed by atoms with Crippen molar-refractivity contribution in [1.29, 1.82) is 0 Å². The van der Waals surface area contributed by atoms with Gasteiger partial charge in [0.2, 0.25) is 0 Å². The average Bonchev–Trinajstić information content (AvgIpc) is 3.10. The van der Waals surface area contributed by atoms with Crippen molar-refractivity contribution in [3.8, 4) is 11.1 Å². The van der Waals surface area contributed by atoms with Gasteiger partial charge in [-0.3, -0.25) is 19.4 Å². The standard InChI is InChI=1S/C42H68N2O4/c1-5-9-13-15-17-23-31-43(29-11-7-3)33-41(45)47-35-37-25-19-21-27-39(37)40-28-22-20-26-38(40)36-48-42(46)34-44(30-12-8-4)32-24-18-16-14-10-6-2/h19-22,25-28H,5-18,23-24,29-36H2,1-4H3. The van der Waals surface area contributed by atoms with Crippen molar-refractivity contribution in [3.05, 3.63) is 59.7 Å². The van der Waals surface area contributed by atoms with E-state index in [0.29, 0.717) is 13.1 Å². The molecule has 0 spiro atoms. The SMILES string of the molecule is CCCCCCCCN(CCCC)CC(=O)OCc1ccccc1-c1ccccc1COC(=O)CN(CCCC)CCCCCCCC. The Hall–Kier alpha value is -2.70. The van der Waals surface area contributed by atoms with Crippen molar-refractivity contribution in [2.24, 2.45) is 0 Å². The highest BCUT2D eigenvalue weighted by molar-refractivity contribution is 5.74. The van der Waals surface area contributed by atoms with Crippen LogP contribution in [0, 0.1) is 0 Å². The van der Waals surface area contributed by atoms with Crippen LogP contribution in [-0.2, 0) is 32.3 Å². The van der Waals surface area contributed by atoms with E-state index in [9.17, 15) is 9.59 Å². The van der Waals surface area contributed by atoms with Crippen LogP contribution in [0.2, 0.25) is 0 Å². The molecule has 0 aromatic heterocycles. The molecule has 0 fully saturated rings. The van der Waals surface area contributed by atoms with Crippen LogP contribution in [0.15, 0.2) is 48.5 Å². The summed E-state index contributed by atoms with van der Waals surface area (Å²) < 4.78 is 11.7. The molecule has 0 aliphatic carbocycles. The first kappa shape index (κ1) is 41.5. The fourth-order valence-electron chi connectivity index (χ4n) is 6.13. The summed E-state index contributed by atoms with van der Waals surface area (Å²) in [7, 11) is 0. The van der Waals surface area contributed by atoms with Crippen molar-refractivity contribution < 1.29 is 19.1 Å². The second-order valence-electron chi connectivity index (χ2n) is 13.4. The lowest BCUT2D eigenvalue weighted by Gasteiger charge is -2.22. The van der Waals surface area contributed by atoms with Gasteiger partial charge in [-0.2, -0.15) is 0 Å². The number of nitrogens with zero attached hydrogens (tertiary/aromatic N) is 2. The van der Waals surface area contributed by atoms with Crippen LogP contribution in [0.5, 0.6) is 0 Å². The summed E-state index contributed by atoms with van der Waals surface area (Å²) in [6, 6.07) is 16.1. The number of rotatable bonds is 29. The topological polar surface area (TPSA) is 59.1 Å². The number of unbranched alkanes of at least 4 members (excludes halogenated alkanes) is 12. The molecule has 0 amide bonds. The molecule has 0 saturated heterocycles. The molecular weight excluding hydrogens is 596 g/mol. The predicted molar refractivity (Wildman–Crippen MR) is 201 cm³/mol. The van der Waals surface area contributed by atoms with E-state index in [1.807, 2.05) is 36.4 Å². The largest absolute Gasteiger partial charge is 0.460 e. The van der Waals surface area contributed by atoms with Gasteiger partial charge in [-0.05, 0) is 74.1 Å². The molecule has 48 heavy (non-hydrogen) atoms. The molecule has 6 nitrogen and oxygen atoms in total. The fourth-order valence-corrected chi connectivity index (χ4v) is 6.13. The van der Waals surface area contributed by atoms with Crippen LogP contribution in [0.3, 0.4) is 0 Å². The number of benzene rings is 2. The van der Waals surface area contributed by atoms with E-state index in [-0.39, 0.29) is 25.2 Å². The number of ether oxygens (including phenoxy) is 2. The van der Waals surface area contributed by atoms with Gasteiger partial charge in [-0.1, -0.05) is 153 Å². The Bertz CT molecular complexity index is 1030. The van der Waals surface area contributed by atoms with Gasteiger partial charge in [0, 0.05) is 0 Å².